The first kappa shape index (κ1) is 12.0. The Balaban J connectivity index is 1.96. The predicted octanol–water partition coefficient (Wildman–Crippen LogP) is 1.92. The number of rotatable bonds is 4. The maximum absolute atomic E-state index is 12.7. The number of furan rings is 1. The minimum atomic E-state index is -0.752. The zero-order chi connectivity index (χ0) is 13.0. The molecule has 0 aliphatic heterocycles. The van der Waals surface area contributed by atoms with Crippen molar-refractivity contribution in [1.82, 2.24) is 5.32 Å². The lowest BCUT2D eigenvalue weighted by Gasteiger charge is -2.02. The third-order valence-electron chi connectivity index (χ3n) is 2.32. The molecule has 1 aromatic heterocycles. The van der Waals surface area contributed by atoms with E-state index in [2.05, 4.69) is 5.32 Å². The third kappa shape index (κ3) is 2.82. The van der Waals surface area contributed by atoms with E-state index in [1.54, 1.807) is 12.1 Å². The van der Waals surface area contributed by atoms with E-state index in [1.807, 2.05) is 0 Å². The van der Waals surface area contributed by atoms with Crippen LogP contribution in [0, 0.1) is 5.82 Å². The lowest BCUT2D eigenvalue weighted by Crippen LogP contribution is -2.30. The summed E-state index contributed by atoms with van der Waals surface area (Å²) in [5.41, 5.74) is 0.147. The van der Waals surface area contributed by atoms with Crippen molar-refractivity contribution in [2.45, 2.75) is 6.54 Å². The second-order valence-electron chi connectivity index (χ2n) is 3.60. The van der Waals surface area contributed by atoms with Crippen molar-refractivity contribution in [3.63, 3.8) is 0 Å². The molecule has 0 aliphatic carbocycles. The SMILES string of the molecule is O=C(NCc1ccco1)C(=O)c1ccc(F)cc1. The molecule has 4 nitrogen and oxygen atoms in total. The summed E-state index contributed by atoms with van der Waals surface area (Å²) in [6.45, 7) is 0.138. The predicted molar refractivity (Wildman–Crippen MR) is 61.3 cm³/mol. The Labute approximate surface area is 102 Å². The van der Waals surface area contributed by atoms with Gasteiger partial charge in [-0.2, -0.15) is 0 Å². The lowest BCUT2D eigenvalue weighted by atomic mass is 10.1. The Morgan fingerprint density at radius 2 is 1.89 bits per heavy atom. The van der Waals surface area contributed by atoms with E-state index >= 15 is 0 Å². The van der Waals surface area contributed by atoms with Gasteiger partial charge in [0.25, 0.3) is 5.91 Å². The van der Waals surface area contributed by atoms with Gasteiger partial charge in [0.05, 0.1) is 12.8 Å². The Hall–Kier alpha value is -2.43. The van der Waals surface area contributed by atoms with Gasteiger partial charge >= 0.3 is 0 Å². The van der Waals surface area contributed by atoms with Crippen molar-refractivity contribution < 1.29 is 18.4 Å². The molecule has 0 aliphatic rings. The summed E-state index contributed by atoms with van der Waals surface area (Å²) < 4.78 is 17.7. The number of hydrogen-bond donors (Lipinski definition) is 1. The summed E-state index contributed by atoms with van der Waals surface area (Å²) in [5, 5.41) is 2.42. The van der Waals surface area contributed by atoms with Gasteiger partial charge in [-0.05, 0) is 36.4 Å². The van der Waals surface area contributed by atoms with Crippen LogP contribution in [-0.4, -0.2) is 11.7 Å². The fourth-order valence-electron chi connectivity index (χ4n) is 1.39. The fourth-order valence-corrected chi connectivity index (χ4v) is 1.39. The topological polar surface area (TPSA) is 59.3 Å². The van der Waals surface area contributed by atoms with Crippen molar-refractivity contribution in [3.8, 4) is 0 Å². The summed E-state index contributed by atoms with van der Waals surface area (Å²) in [5.74, 6) is -1.36. The van der Waals surface area contributed by atoms with Crippen molar-refractivity contribution >= 4 is 11.7 Å². The molecule has 2 aromatic rings. The smallest absolute Gasteiger partial charge is 0.292 e. The first-order chi connectivity index (χ1) is 8.66. The van der Waals surface area contributed by atoms with Crippen molar-refractivity contribution in [3.05, 3.63) is 59.8 Å². The van der Waals surface area contributed by atoms with Gasteiger partial charge in [0.1, 0.15) is 11.6 Å². The van der Waals surface area contributed by atoms with E-state index < -0.39 is 17.5 Å². The average Bonchev–Trinajstić information content (AvgIpc) is 2.89. The average molecular weight is 247 g/mol. The van der Waals surface area contributed by atoms with Crippen LogP contribution in [0.4, 0.5) is 4.39 Å². The molecule has 1 N–H and O–H groups in total. The Bertz CT molecular complexity index is 546. The highest BCUT2D eigenvalue weighted by Gasteiger charge is 2.15. The summed E-state index contributed by atoms with van der Waals surface area (Å²) in [4.78, 5) is 23.2. The number of halogens is 1. The zero-order valence-electron chi connectivity index (χ0n) is 9.35. The molecule has 5 heteroatoms. The molecule has 18 heavy (non-hydrogen) atoms. The third-order valence-corrected chi connectivity index (χ3v) is 2.32. The van der Waals surface area contributed by atoms with Gasteiger partial charge in [-0.3, -0.25) is 9.59 Å². The number of Topliss-reactive ketones (excluding diaryl/α,β-unsaturated/α-hetero) is 1. The van der Waals surface area contributed by atoms with E-state index in [0.717, 1.165) is 12.1 Å². The minimum absolute atomic E-state index is 0.138. The van der Waals surface area contributed by atoms with Gasteiger partial charge in [-0.1, -0.05) is 0 Å². The first-order valence-corrected chi connectivity index (χ1v) is 5.27. The normalized spacial score (nSPS) is 10.1. The largest absolute Gasteiger partial charge is 0.467 e. The van der Waals surface area contributed by atoms with Crippen LogP contribution >= 0.6 is 0 Å². The molecule has 2 rings (SSSR count). The highest BCUT2D eigenvalue weighted by Crippen LogP contribution is 2.04. The molecule has 0 spiro atoms. The maximum Gasteiger partial charge on any atom is 0.292 e. The monoisotopic (exact) mass is 247 g/mol. The molecule has 1 aromatic carbocycles. The van der Waals surface area contributed by atoms with Crippen LogP contribution in [0.25, 0.3) is 0 Å². The lowest BCUT2D eigenvalue weighted by molar-refractivity contribution is -0.117. The number of hydrogen-bond acceptors (Lipinski definition) is 3. The van der Waals surface area contributed by atoms with Crippen LogP contribution in [0.2, 0.25) is 0 Å². The number of nitrogens with one attached hydrogen (secondary N) is 1. The van der Waals surface area contributed by atoms with Crippen molar-refractivity contribution in [2.75, 3.05) is 0 Å². The quantitative estimate of drug-likeness (QED) is 0.663. The van der Waals surface area contributed by atoms with Gasteiger partial charge in [0.2, 0.25) is 5.78 Å². The van der Waals surface area contributed by atoms with Crippen molar-refractivity contribution in [1.29, 1.82) is 0 Å². The van der Waals surface area contributed by atoms with Crippen LogP contribution in [0.5, 0.6) is 0 Å². The standard InChI is InChI=1S/C13H10FNO3/c14-10-5-3-9(4-6-10)12(16)13(17)15-8-11-2-1-7-18-11/h1-7H,8H2,(H,15,17). The number of benzene rings is 1. The van der Waals surface area contributed by atoms with Gasteiger partial charge in [-0.25, -0.2) is 4.39 Å². The molecule has 0 unspecified atom stereocenters. The fraction of sp³-hybridized carbons (Fsp3) is 0.0769. The number of ketones is 1. The van der Waals surface area contributed by atoms with Crippen LogP contribution in [0.15, 0.2) is 47.1 Å². The molecule has 92 valence electrons. The molecular formula is C13H10FNO3. The van der Waals surface area contributed by atoms with Gasteiger partial charge < -0.3 is 9.73 Å². The van der Waals surface area contributed by atoms with E-state index in [4.69, 9.17) is 4.42 Å². The second kappa shape index (κ2) is 5.27. The molecule has 0 saturated carbocycles. The van der Waals surface area contributed by atoms with Gasteiger partial charge in [0.15, 0.2) is 0 Å². The Morgan fingerprint density at radius 1 is 1.17 bits per heavy atom. The second-order valence-corrected chi connectivity index (χ2v) is 3.60. The molecule has 1 heterocycles. The summed E-state index contributed by atoms with van der Waals surface area (Å²) in [6.07, 6.45) is 1.48. The molecule has 0 bridgehead atoms. The number of carbonyl (C=O) groups is 2. The van der Waals surface area contributed by atoms with Crippen molar-refractivity contribution in [2.24, 2.45) is 0 Å². The van der Waals surface area contributed by atoms with Gasteiger partial charge in [-0.15, -0.1) is 0 Å². The van der Waals surface area contributed by atoms with E-state index in [-0.39, 0.29) is 12.1 Å². The van der Waals surface area contributed by atoms with Gasteiger partial charge in [0, 0.05) is 5.56 Å². The van der Waals surface area contributed by atoms with E-state index in [1.165, 1.54) is 18.4 Å². The van der Waals surface area contributed by atoms with E-state index in [0.29, 0.717) is 5.76 Å². The van der Waals surface area contributed by atoms with Crippen LogP contribution in [0.3, 0.4) is 0 Å². The zero-order valence-corrected chi connectivity index (χ0v) is 9.35. The van der Waals surface area contributed by atoms with Crippen LogP contribution in [-0.2, 0) is 11.3 Å². The molecule has 0 radical (unpaired) electrons. The minimum Gasteiger partial charge on any atom is -0.467 e. The molecule has 0 fully saturated rings. The molecule has 0 saturated heterocycles. The number of amides is 1. The summed E-state index contributed by atoms with van der Waals surface area (Å²) in [7, 11) is 0. The summed E-state index contributed by atoms with van der Waals surface area (Å²) >= 11 is 0. The Morgan fingerprint density at radius 3 is 2.50 bits per heavy atom. The maximum atomic E-state index is 12.7. The first-order valence-electron chi connectivity index (χ1n) is 5.27. The van der Waals surface area contributed by atoms with E-state index in [9.17, 15) is 14.0 Å². The number of carbonyl (C=O) groups excluding carboxylic acids is 2. The Kier molecular flexibility index (Phi) is 3.52. The highest BCUT2D eigenvalue weighted by molar-refractivity contribution is 6.42. The molecule has 0 atom stereocenters. The molecule has 1 amide bonds. The summed E-state index contributed by atoms with van der Waals surface area (Å²) in [6, 6.07) is 8.17. The molecular weight excluding hydrogens is 237 g/mol. The van der Waals surface area contributed by atoms with Crippen LogP contribution in [0.1, 0.15) is 16.1 Å². The van der Waals surface area contributed by atoms with Crippen LogP contribution < -0.4 is 5.32 Å². The highest BCUT2D eigenvalue weighted by atomic mass is 19.1.